The lowest BCUT2D eigenvalue weighted by molar-refractivity contribution is 0.154. The van der Waals surface area contributed by atoms with Gasteiger partial charge in [-0.2, -0.15) is 9.78 Å². The molecule has 0 radical (unpaired) electrons. The van der Waals surface area contributed by atoms with Crippen molar-refractivity contribution in [3.05, 3.63) is 54.1 Å². The second-order valence-corrected chi connectivity index (χ2v) is 6.28. The second kappa shape index (κ2) is 6.52. The van der Waals surface area contributed by atoms with Gasteiger partial charge in [-0.1, -0.05) is 18.2 Å². The van der Waals surface area contributed by atoms with E-state index in [4.69, 9.17) is 0 Å². The number of likely N-dealkylation sites (tertiary alicyclic amines) is 1. The Morgan fingerprint density at radius 2 is 1.92 bits per heavy atom. The number of nitrogens with zero attached hydrogens (tertiary/aromatic N) is 6. The highest BCUT2D eigenvalue weighted by Gasteiger charge is 2.28. The van der Waals surface area contributed by atoms with Gasteiger partial charge < -0.3 is 0 Å². The standard InChI is InChI=1S/C17H21N7/c1-13(17-20-21-22-24(17)15-5-3-2-4-6-15)23-11-8-14(9-12-23)16-7-10-18-19-16/h2-7,10,13-14H,8-9,11-12H2,1H3,(H,18,19). The molecule has 124 valence electrons. The molecule has 7 nitrogen and oxygen atoms in total. The minimum absolute atomic E-state index is 0.183. The van der Waals surface area contributed by atoms with E-state index < -0.39 is 0 Å². The second-order valence-electron chi connectivity index (χ2n) is 6.28. The van der Waals surface area contributed by atoms with Crippen molar-refractivity contribution >= 4 is 0 Å². The van der Waals surface area contributed by atoms with Crippen LogP contribution in [0.25, 0.3) is 5.69 Å². The minimum Gasteiger partial charge on any atom is -0.294 e. The number of para-hydroxylation sites is 1. The smallest absolute Gasteiger partial charge is 0.173 e. The van der Waals surface area contributed by atoms with E-state index in [0.29, 0.717) is 5.92 Å². The third-order valence-corrected chi connectivity index (χ3v) is 4.91. The highest BCUT2D eigenvalue weighted by molar-refractivity contribution is 5.30. The van der Waals surface area contributed by atoms with Gasteiger partial charge >= 0.3 is 0 Å². The van der Waals surface area contributed by atoms with Crippen molar-refractivity contribution < 1.29 is 0 Å². The summed E-state index contributed by atoms with van der Waals surface area (Å²) >= 11 is 0. The molecule has 1 saturated heterocycles. The summed E-state index contributed by atoms with van der Waals surface area (Å²) in [6, 6.07) is 12.3. The minimum atomic E-state index is 0.183. The van der Waals surface area contributed by atoms with Crippen molar-refractivity contribution in [2.24, 2.45) is 0 Å². The predicted octanol–water partition coefficient (Wildman–Crippen LogP) is 2.33. The third kappa shape index (κ3) is 2.82. The van der Waals surface area contributed by atoms with Gasteiger partial charge in [0.05, 0.1) is 11.7 Å². The Hall–Kier alpha value is -2.54. The normalized spacial score (nSPS) is 17.9. The molecule has 0 amide bonds. The first-order valence-corrected chi connectivity index (χ1v) is 8.40. The number of aromatic nitrogens is 6. The molecular weight excluding hydrogens is 302 g/mol. The maximum absolute atomic E-state index is 4.28. The molecule has 0 bridgehead atoms. The lowest BCUT2D eigenvalue weighted by atomic mass is 9.93. The van der Waals surface area contributed by atoms with Crippen LogP contribution in [-0.2, 0) is 0 Å². The molecule has 0 spiro atoms. The maximum atomic E-state index is 4.28. The Balaban J connectivity index is 1.48. The van der Waals surface area contributed by atoms with Gasteiger partial charge in [-0.15, -0.1) is 5.10 Å². The highest BCUT2D eigenvalue weighted by atomic mass is 15.6. The van der Waals surface area contributed by atoms with Crippen molar-refractivity contribution in [3.63, 3.8) is 0 Å². The zero-order valence-corrected chi connectivity index (χ0v) is 13.7. The number of H-pyrrole nitrogens is 1. The molecular formula is C17H21N7. The number of tetrazole rings is 1. The van der Waals surface area contributed by atoms with Crippen molar-refractivity contribution in [2.75, 3.05) is 13.1 Å². The van der Waals surface area contributed by atoms with Crippen LogP contribution in [-0.4, -0.2) is 48.4 Å². The van der Waals surface area contributed by atoms with E-state index in [9.17, 15) is 0 Å². The summed E-state index contributed by atoms with van der Waals surface area (Å²) in [6.45, 7) is 4.25. The maximum Gasteiger partial charge on any atom is 0.173 e. The Labute approximate surface area is 140 Å². The summed E-state index contributed by atoms with van der Waals surface area (Å²) in [7, 11) is 0. The Kier molecular flexibility index (Phi) is 4.08. The van der Waals surface area contributed by atoms with Gasteiger partial charge in [-0.05, 0) is 61.5 Å². The van der Waals surface area contributed by atoms with Gasteiger partial charge in [-0.25, -0.2) is 0 Å². The SMILES string of the molecule is CC(c1nnnn1-c1ccccc1)N1CCC(c2ccn[nH]2)CC1. The number of piperidine rings is 1. The van der Waals surface area contributed by atoms with E-state index >= 15 is 0 Å². The fourth-order valence-electron chi connectivity index (χ4n) is 3.46. The van der Waals surface area contributed by atoms with Crippen LogP contribution in [0.1, 0.15) is 43.2 Å². The highest BCUT2D eigenvalue weighted by Crippen LogP contribution is 2.30. The number of rotatable bonds is 4. The van der Waals surface area contributed by atoms with E-state index in [0.717, 1.165) is 37.4 Å². The summed E-state index contributed by atoms with van der Waals surface area (Å²) in [5.41, 5.74) is 2.24. The lowest BCUT2D eigenvalue weighted by Gasteiger charge is -2.35. The van der Waals surface area contributed by atoms with Gasteiger partial charge in [0.1, 0.15) is 0 Å². The van der Waals surface area contributed by atoms with Crippen LogP contribution in [0.3, 0.4) is 0 Å². The average molecular weight is 323 g/mol. The zero-order valence-electron chi connectivity index (χ0n) is 13.7. The number of nitrogens with one attached hydrogen (secondary N) is 1. The largest absolute Gasteiger partial charge is 0.294 e. The zero-order chi connectivity index (χ0) is 16.4. The van der Waals surface area contributed by atoms with Gasteiger partial charge in [-0.3, -0.25) is 10.00 Å². The molecule has 3 heterocycles. The van der Waals surface area contributed by atoms with Gasteiger partial charge in [0.25, 0.3) is 0 Å². The molecule has 0 saturated carbocycles. The van der Waals surface area contributed by atoms with Gasteiger partial charge in [0.15, 0.2) is 5.82 Å². The van der Waals surface area contributed by atoms with Crippen LogP contribution in [0.15, 0.2) is 42.6 Å². The molecule has 1 atom stereocenters. The van der Waals surface area contributed by atoms with Crippen LogP contribution in [0.4, 0.5) is 0 Å². The molecule has 24 heavy (non-hydrogen) atoms. The van der Waals surface area contributed by atoms with Crippen molar-refractivity contribution in [2.45, 2.75) is 31.7 Å². The van der Waals surface area contributed by atoms with Crippen LogP contribution < -0.4 is 0 Å². The van der Waals surface area contributed by atoms with Gasteiger partial charge in [0.2, 0.25) is 0 Å². The number of aromatic amines is 1. The van der Waals surface area contributed by atoms with Gasteiger partial charge in [0, 0.05) is 17.8 Å². The molecule has 1 aliphatic heterocycles. The van der Waals surface area contributed by atoms with E-state index in [2.05, 4.69) is 43.6 Å². The van der Waals surface area contributed by atoms with E-state index in [1.807, 2.05) is 41.2 Å². The van der Waals surface area contributed by atoms with Crippen LogP contribution >= 0.6 is 0 Å². The number of hydrogen-bond donors (Lipinski definition) is 1. The molecule has 1 fully saturated rings. The monoisotopic (exact) mass is 323 g/mol. The number of hydrogen-bond acceptors (Lipinski definition) is 5. The first-order chi connectivity index (χ1) is 11.8. The summed E-state index contributed by atoms with van der Waals surface area (Å²) in [4.78, 5) is 2.46. The molecule has 3 aromatic rings. The van der Waals surface area contributed by atoms with E-state index in [1.165, 1.54) is 5.69 Å². The Morgan fingerprint density at radius 3 is 2.62 bits per heavy atom. The Morgan fingerprint density at radius 1 is 1.12 bits per heavy atom. The summed E-state index contributed by atoms with van der Waals surface area (Å²) in [6.07, 6.45) is 4.08. The first-order valence-electron chi connectivity index (χ1n) is 8.40. The summed E-state index contributed by atoms with van der Waals surface area (Å²) in [5.74, 6) is 1.46. The van der Waals surface area contributed by atoms with Crippen LogP contribution in [0.2, 0.25) is 0 Å². The number of benzene rings is 1. The predicted molar refractivity (Wildman–Crippen MR) is 89.7 cm³/mol. The topological polar surface area (TPSA) is 75.5 Å². The summed E-state index contributed by atoms with van der Waals surface area (Å²) in [5, 5.41) is 19.5. The quantitative estimate of drug-likeness (QED) is 0.797. The lowest BCUT2D eigenvalue weighted by Crippen LogP contribution is -2.36. The molecule has 1 N–H and O–H groups in total. The van der Waals surface area contributed by atoms with Crippen molar-refractivity contribution in [1.29, 1.82) is 0 Å². The molecule has 1 aliphatic rings. The molecule has 4 rings (SSSR count). The molecule has 1 unspecified atom stereocenters. The molecule has 7 heteroatoms. The Bertz CT molecular complexity index is 757. The first kappa shape index (κ1) is 15.0. The fourth-order valence-corrected chi connectivity index (χ4v) is 3.46. The van der Waals surface area contributed by atoms with Crippen LogP contribution in [0, 0.1) is 0 Å². The van der Waals surface area contributed by atoms with Crippen molar-refractivity contribution in [1.82, 2.24) is 35.3 Å². The molecule has 1 aromatic carbocycles. The molecule has 0 aliphatic carbocycles. The average Bonchev–Trinajstić information content (AvgIpc) is 3.34. The third-order valence-electron chi connectivity index (χ3n) is 4.91. The fraction of sp³-hybridized carbons (Fsp3) is 0.412. The molecule has 2 aromatic heterocycles. The van der Waals surface area contributed by atoms with E-state index in [-0.39, 0.29) is 6.04 Å². The van der Waals surface area contributed by atoms with Crippen LogP contribution in [0.5, 0.6) is 0 Å². The van der Waals surface area contributed by atoms with Crippen molar-refractivity contribution in [3.8, 4) is 5.69 Å². The van der Waals surface area contributed by atoms with E-state index in [1.54, 1.807) is 0 Å². The summed E-state index contributed by atoms with van der Waals surface area (Å²) < 4.78 is 1.84.